The standard InChI is InChI=1S/C26H35NO.C6H8O3/c28-25(17-23-21-13-18-12-19(15-21)16-22(23)14-18)27-10-8-26(9-11-27)7-3-5-20-4-1-2-6-24(20)26;1-6(2)3-4(7)9-5(6)8/h1-2,4,6,18-19,21-23H,3,5,7-17H2;3H2,1-2H3. The molecule has 1 aromatic carbocycles. The number of cyclic esters (lactones) is 2. The van der Waals surface area contributed by atoms with Gasteiger partial charge in [0.2, 0.25) is 5.91 Å². The number of ether oxygens (including phenoxy) is 1. The summed E-state index contributed by atoms with van der Waals surface area (Å²) in [5.41, 5.74) is 2.95. The number of carbonyl (C=O) groups excluding carboxylic acids is 3. The molecule has 4 bridgehead atoms. The van der Waals surface area contributed by atoms with Gasteiger partial charge in [0.1, 0.15) is 0 Å². The van der Waals surface area contributed by atoms with E-state index in [1.54, 1.807) is 25.0 Å². The Kier molecular flexibility index (Phi) is 6.48. The van der Waals surface area contributed by atoms with Crippen LogP contribution in [0.25, 0.3) is 0 Å². The second-order valence-electron chi connectivity index (χ2n) is 13.8. The van der Waals surface area contributed by atoms with Gasteiger partial charge in [0.25, 0.3) is 0 Å². The van der Waals surface area contributed by atoms with Crippen molar-refractivity contribution < 1.29 is 19.1 Å². The van der Waals surface area contributed by atoms with E-state index < -0.39 is 17.4 Å². The highest BCUT2D eigenvalue weighted by atomic mass is 16.6. The Balaban J connectivity index is 0.000000239. The fourth-order valence-corrected chi connectivity index (χ4v) is 9.12. The first-order chi connectivity index (χ1) is 17.7. The molecule has 0 N–H and O–H groups in total. The van der Waals surface area contributed by atoms with Crippen molar-refractivity contribution in [3.05, 3.63) is 35.4 Å². The molecule has 200 valence electrons. The van der Waals surface area contributed by atoms with E-state index in [0.717, 1.165) is 43.2 Å². The van der Waals surface area contributed by atoms with Crippen LogP contribution in [0.3, 0.4) is 0 Å². The van der Waals surface area contributed by atoms with Crippen LogP contribution in [0.4, 0.5) is 0 Å². The number of likely N-dealkylation sites (tertiary alicyclic amines) is 1. The van der Waals surface area contributed by atoms with Gasteiger partial charge in [0.05, 0.1) is 11.8 Å². The van der Waals surface area contributed by atoms with Crippen LogP contribution in [-0.4, -0.2) is 35.8 Å². The van der Waals surface area contributed by atoms with E-state index in [0.29, 0.717) is 17.2 Å². The number of aryl methyl sites for hydroxylation is 1. The molecule has 1 amide bonds. The lowest BCUT2D eigenvalue weighted by Crippen LogP contribution is -2.49. The summed E-state index contributed by atoms with van der Waals surface area (Å²) in [6.45, 7) is 5.36. The minimum Gasteiger partial charge on any atom is -0.393 e. The van der Waals surface area contributed by atoms with Crippen molar-refractivity contribution in [3.8, 4) is 0 Å². The fraction of sp³-hybridized carbons (Fsp3) is 0.719. The normalized spacial score (nSPS) is 34.5. The van der Waals surface area contributed by atoms with E-state index in [4.69, 9.17) is 0 Å². The molecule has 8 rings (SSSR count). The van der Waals surface area contributed by atoms with E-state index in [1.807, 2.05) is 0 Å². The Hall–Kier alpha value is -2.17. The fourth-order valence-electron chi connectivity index (χ4n) is 9.12. The van der Waals surface area contributed by atoms with Crippen LogP contribution in [0.2, 0.25) is 0 Å². The molecule has 37 heavy (non-hydrogen) atoms. The van der Waals surface area contributed by atoms with E-state index >= 15 is 0 Å². The number of rotatable bonds is 2. The van der Waals surface area contributed by atoms with Gasteiger partial charge in [-0.25, -0.2) is 0 Å². The van der Waals surface area contributed by atoms with Crippen LogP contribution in [0.15, 0.2) is 24.3 Å². The predicted octanol–water partition coefficient (Wildman–Crippen LogP) is 5.83. The summed E-state index contributed by atoms with van der Waals surface area (Å²) in [5.74, 6) is 4.15. The molecule has 0 radical (unpaired) electrons. The Bertz CT molecular complexity index is 1040. The summed E-state index contributed by atoms with van der Waals surface area (Å²) >= 11 is 0. The molecule has 1 aromatic rings. The average Bonchev–Trinajstić information content (AvgIpc) is 3.11. The number of fused-ring (bicyclic) bond motifs is 2. The van der Waals surface area contributed by atoms with Crippen LogP contribution in [-0.2, 0) is 31.0 Å². The lowest BCUT2D eigenvalue weighted by Gasteiger charge is -2.54. The molecule has 2 saturated heterocycles. The summed E-state index contributed by atoms with van der Waals surface area (Å²) in [7, 11) is 0. The maximum Gasteiger partial charge on any atom is 0.319 e. The van der Waals surface area contributed by atoms with Gasteiger partial charge in [-0.1, -0.05) is 24.3 Å². The zero-order chi connectivity index (χ0) is 25.8. The molecule has 7 aliphatic rings. The molecule has 5 aliphatic carbocycles. The second-order valence-corrected chi connectivity index (χ2v) is 13.8. The van der Waals surface area contributed by atoms with Crippen molar-refractivity contribution in [2.24, 2.45) is 35.0 Å². The zero-order valence-electron chi connectivity index (χ0n) is 22.7. The molecular formula is C32H43NO4. The molecule has 6 fully saturated rings. The smallest absolute Gasteiger partial charge is 0.319 e. The minimum atomic E-state index is -0.586. The minimum absolute atomic E-state index is 0.214. The highest BCUT2D eigenvalue weighted by Crippen LogP contribution is 2.57. The van der Waals surface area contributed by atoms with Crippen LogP contribution in [0, 0.1) is 35.0 Å². The summed E-state index contributed by atoms with van der Waals surface area (Å²) < 4.78 is 4.30. The molecule has 0 aromatic heterocycles. The lowest BCUT2D eigenvalue weighted by molar-refractivity contribution is -0.154. The number of hydrogen-bond acceptors (Lipinski definition) is 4. The van der Waals surface area contributed by atoms with E-state index in [9.17, 15) is 14.4 Å². The van der Waals surface area contributed by atoms with Gasteiger partial charge in [-0.3, -0.25) is 14.4 Å². The van der Waals surface area contributed by atoms with Gasteiger partial charge in [-0.15, -0.1) is 0 Å². The van der Waals surface area contributed by atoms with Gasteiger partial charge < -0.3 is 9.64 Å². The number of amides is 1. The van der Waals surface area contributed by atoms with E-state index in [-0.39, 0.29) is 6.42 Å². The van der Waals surface area contributed by atoms with Gasteiger partial charge >= 0.3 is 11.9 Å². The Morgan fingerprint density at radius 3 is 2.16 bits per heavy atom. The summed E-state index contributed by atoms with van der Waals surface area (Å²) in [4.78, 5) is 36.6. The van der Waals surface area contributed by atoms with Crippen molar-refractivity contribution >= 4 is 17.8 Å². The summed E-state index contributed by atoms with van der Waals surface area (Å²) in [6, 6.07) is 9.12. The van der Waals surface area contributed by atoms with Crippen LogP contribution in [0.5, 0.6) is 0 Å². The maximum absolute atomic E-state index is 13.2. The van der Waals surface area contributed by atoms with Gasteiger partial charge in [-0.2, -0.15) is 0 Å². The quantitative estimate of drug-likeness (QED) is 0.375. The third-order valence-corrected chi connectivity index (χ3v) is 10.9. The van der Waals surface area contributed by atoms with Gasteiger partial charge in [0, 0.05) is 19.5 Å². The Morgan fingerprint density at radius 1 is 0.946 bits per heavy atom. The number of esters is 2. The average molecular weight is 506 g/mol. The molecule has 0 unspecified atom stereocenters. The second kappa shape index (κ2) is 9.54. The molecule has 0 atom stereocenters. The Morgan fingerprint density at radius 2 is 1.59 bits per heavy atom. The largest absolute Gasteiger partial charge is 0.393 e. The van der Waals surface area contributed by atoms with E-state index in [2.05, 4.69) is 33.9 Å². The first-order valence-corrected chi connectivity index (χ1v) is 14.8. The van der Waals surface area contributed by atoms with E-state index in [1.165, 1.54) is 64.2 Å². The van der Waals surface area contributed by atoms with Gasteiger partial charge in [-0.05, 0) is 124 Å². The first kappa shape index (κ1) is 25.1. The summed E-state index contributed by atoms with van der Waals surface area (Å²) in [5, 5.41) is 0. The van der Waals surface area contributed by atoms with Crippen molar-refractivity contribution in [2.45, 2.75) is 96.3 Å². The van der Waals surface area contributed by atoms with Crippen molar-refractivity contribution in [3.63, 3.8) is 0 Å². The number of nitrogens with zero attached hydrogens (tertiary/aromatic N) is 1. The number of carbonyl (C=O) groups is 3. The molecule has 5 nitrogen and oxygen atoms in total. The summed E-state index contributed by atoms with van der Waals surface area (Å²) in [6.07, 6.45) is 14.6. The van der Waals surface area contributed by atoms with Crippen LogP contribution < -0.4 is 0 Å². The topological polar surface area (TPSA) is 63.7 Å². The molecule has 2 heterocycles. The maximum atomic E-state index is 13.2. The Labute approximate surface area is 221 Å². The van der Waals surface area contributed by atoms with Crippen LogP contribution >= 0.6 is 0 Å². The predicted molar refractivity (Wildman–Crippen MR) is 142 cm³/mol. The molecule has 2 aliphatic heterocycles. The third kappa shape index (κ3) is 4.76. The molecule has 5 heteroatoms. The SMILES string of the molecule is CC1(C)CC(=O)OC1=O.O=C(CC1C2CC3CC(C2)CC1C3)N1CCC2(CCCc3ccccc32)CC1. The molecular weight excluding hydrogens is 462 g/mol. The highest BCUT2D eigenvalue weighted by molar-refractivity contribution is 5.96. The monoisotopic (exact) mass is 505 g/mol. The molecule has 1 spiro atoms. The number of benzene rings is 1. The number of hydrogen-bond donors (Lipinski definition) is 0. The highest BCUT2D eigenvalue weighted by Gasteiger charge is 2.49. The van der Waals surface area contributed by atoms with Crippen molar-refractivity contribution in [1.82, 2.24) is 4.90 Å². The lowest BCUT2D eigenvalue weighted by atomic mass is 9.51. The molecule has 4 saturated carbocycles. The van der Waals surface area contributed by atoms with Crippen molar-refractivity contribution in [1.29, 1.82) is 0 Å². The van der Waals surface area contributed by atoms with Crippen LogP contribution in [0.1, 0.15) is 95.6 Å². The number of piperidine rings is 1. The third-order valence-electron chi connectivity index (χ3n) is 10.9. The first-order valence-electron chi connectivity index (χ1n) is 14.8. The van der Waals surface area contributed by atoms with Crippen molar-refractivity contribution in [2.75, 3.05) is 13.1 Å². The zero-order valence-corrected chi connectivity index (χ0v) is 22.7. The van der Waals surface area contributed by atoms with Gasteiger partial charge in [0.15, 0.2) is 0 Å².